The topological polar surface area (TPSA) is 0 Å². The zero-order valence-electron chi connectivity index (χ0n) is 31.5. The highest BCUT2D eigenvalue weighted by Crippen LogP contribution is 2.54. The largest absolute Gasteiger partial charge is 0.0622 e. The van der Waals surface area contributed by atoms with E-state index in [1.54, 1.807) is 0 Å². The van der Waals surface area contributed by atoms with Crippen molar-refractivity contribution < 1.29 is 0 Å². The van der Waals surface area contributed by atoms with Gasteiger partial charge in [0.2, 0.25) is 0 Å². The van der Waals surface area contributed by atoms with Crippen LogP contribution in [0.25, 0.3) is 66.8 Å². The second kappa shape index (κ2) is 12.8. The second-order valence-electron chi connectivity index (χ2n) is 16.0. The van der Waals surface area contributed by atoms with E-state index in [1.807, 2.05) is 0 Å². The van der Waals surface area contributed by atoms with Gasteiger partial charge in [0.05, 0.1) is 0 Å². The van der Waals surface area contributed by atoms with Gasteiger partial charge in [-0.2, -0.15) is 0 Å². The van der Waals surface area contributed by atoms with Crippen molar-refractivity contribution in [1.82, 2.24) is 0 Å². The minimum atomic E-state index is 0.183. The van der Waals surface area contributed by atoms with Crippen LogP contribution in [0.4, 0.5) is 0 Å². The van der Waals surface area contributed by atoms with Gasteiger partial charge in [0, 0.05) is 11.8 Å². The second-order valence-corrected chi connectivity index (χ2v) is 16.0. The van der Waals surface area contributed by atoms with Crippen LogP contribution in [-0.4, -0.2) is 0 Å². The molecule has 0 heterocycles. The van der Waals surface area contributed by atoms with Crippen LogP contribution in [0.2, 0.25) is 0 Å². The van der Waals surface area contributed by atoms with Gasteiger partial charge in [-0.25, -0.2) is 0 Å². The van der Waals surface area contributed by atoms with E-state index in [0.29, 0.717) is 0 Å². The van der Waals surface area contributed by atoms with Gasteiger partial charge in [-0.15, -0.1) is 0 Å². The average molecular weight is 723 g/mol. The van der Waals surface area contributed by atoms with Crippen LogP contribution in [0, 0.1) is 0 Å². The molecule has 0 aliphatic heterocycles. The highest BCUT2D eigenvalue weighted by molar-refractivity contribution is 5.91. The van der Waals surface area contributed by atoms with Gasteiger partial charge < -0.3 is 0 Å². The molecule has 3 aliphatic carbocycles. The van der Waals surface area contributed by atoms with Gasteiger partial charge in [-0.1, -0.05) is 188 Å². The van der Waals surface area contributed by atoms with Crippen molar-refractivity contribution in [3.8, 4) is 66.8 Å². The van der Waals surface area contributed by atoms with E-state index in [4.69, 9.17) is 0 Å². The molecule has 12 rings (SSSR count). The summed E-state index contributed by atoms with van der Waals surface area (Å²) in [6.45, 7) is 0. The highest BCUT2D eigenvalue weighted by Gasteiger charge is 2.34. The van der Waals surface area contributed by atoms with E-state index in [-0.39, 0.29) is 11.8 Å². The van der Waals surface area contributed by atoms with E-state index in [0.717, 1.165) is 6.42 Å². The number of rotatable bonds is 5. The molecule has 0 bridgehead atoms. The molecule has 0 heteroatoms. The molecule has 57 heavy (non-hydrogen) atoms. The molecular weight excluding hydrogens is 685 g/mol. The van der Waals surface area contributed by atoms with E-state index in [9.17, 15) is 0 Å². The molecule has 2 unspecified atom stereocenters. The van der Waals surface area contributed by atoms with Crippen molar-refractivity contribution in [2.24, 2.45) is 0 Å². The number of hydrogen-bond donors (Lipinski definition) is 0. The molecule has 0 nitrogen and oxygen atoms in total. The summed E-state index contributed by atoms with van der Waals surface area (Å²) >= 11 is 0. The zero-order valence-corrected chi connectivity index (χ0v) is 31.5. The molecule has 9 aromatic rings. The number of hydrogen-bond acceptors (Lipinski definition) is 0. The standard InChI is InChI=1S/C57H38/c1-3-12-36(13-4-1)38-22-24-39(25-23-38)56-50-29-27-42(33-53(50)54-35-51-45(34-55(54)56)31-43-16-7-8-19-46(43)51)41-26-28-49-52(32-41)47-20-9-10-21-48(47)57(49)44-18-11-17-40(30-44)37-14-5-2-6-15-37/h1-30,32-35,56-57H,31H2. The first kappa shape index (κ1) is 32.2. The van der Waals surface area contributed by atoms with Gasteiger partial charge in [-0.3, -0.25) is 0 Å². The Morgan fingerprint density at radius 2 is 0.754 bits per heavy atom. The maximum atomic E-state index is 2.53. The van der Waals surface area contributed by atoms with Crippen LogP contribution in [0.15, 0.2) is 206 Å². The molecule has 0 amide bonds. The van der Waals surface area contributed by atoms with E-state index < -0.39 is 0 Å². The third-order valence-electron chi connectivity index (χ3n) is 12.9. The van der Waals surface area contributed by atoms with Crippen molar-refractivity contribution >= 4 is 0 Å². The van der Waals surface area contributed by atoms with Crippen molar-refractivity contribution in [2.75, 3.05) is 0 Å². The van der Waals surface area contributed by atoms with E-state index >= 15 is 0 Å². The summed E-state index contributed by atoms with van der Waals surface area (Å²) in [6.07, 6.45) is 0.994. The lowest BCUT2D eigenvalue weighted by Crippen LogP contribution is -2.00. The molecule has 0 aromatic heterocycles. The number of fused-ring (bicyclic) bond motifs is 9. The fraction of sp³-hybridized carbons (Fsp3) is 0.0526. The van der Waals surface area contributed by atoms with Gasteiger partial charge >= 0.3 is 0 Å². The van der Waals surface area contributed by atoms with Crippen LogP contribution in [0.5, 0.6) is 0 Å². The highest BCUT2D eigenvalue weighted by atomic mass is 14.4. The Balaban J connectivity index is 0.973. The van der Waals surface area contributed by atoms with Crippen LogP contribution in [-0.2, 0) is 6.42 Å². The Bertz CT molecular complexity index is 3020. The predicted molar refractivity (Wildman–Crippen MR) is 237 cm³/mol. The van der Waals surface area contributed by atoms with Crippen LogP contribution < -0.4 is 0 Å². The molecule has 266 valence electrons. The molecular formula is C57H38. The molecule has 2 atom stereocenters. The van der Waals surface area contributed by atoms with Crippen LogP contribution in [0.3, 0.4) is 0 Å². The summed E-state index contributed by atoms with van der Waals surface area (Å²) in [7, 11) is 0. The minimum absolute atomic E-state index is 0.183. The Kier molecular flexibility index (Phi) is 7.22. The summed E-state index contributed by atoms with van der Waals surface area (Å²) in [4.78, 5) is 0. The summed E-state index contributed by atoms with van der Waals surface area (Å²) in [5.74, 6) is 0.377. The van der Waals surface area contributed by atoms with Gasteiger partial charge in [0.25, 0.3) is 0 Å². The maximum absolute atomic E-state index is 2.53. The Morgan fingerprint density at radius 1 is 0.246 bits per heavy atom. The SMILES string of the molecule is c1ccc(-c2ccc(C3c4ccc(-c5ccc6c(c5)-c5ccccc5C6c5cccc(-c6ccccc6)c5)cc4-c4cc5c(cc43)Cc3ccccc3-5)cc2)cc1. The lowest BCUT2D eigenvalue weighted by molar-refractivity contribution is 1.01. The Hall–Kier alpha value is -7.02. The van der Waals surface area contributed by atoms with Crippen LogP contribution >= 0.6 is 0 Å². The summed E-state index contributed by atoms with van der Waals surface area (Å²) in [6, 6.07) is 77.3. The quantitative estimate of drug-likeness (QED) is 0.166. The first-order valence-electron chi connectivity index (χ1n) is 20.2. The van der Waals surface area contributed by atoms with Gasteiger partial charge in [0.15, 0.2) is 0 Å². The Labute approximate surface area is 334 Å². The lowest BCUT2D eigenvalue weighted by Gasteiger charge is -2.17. The van der Waals surface area contributed by atoms with Crippen molar-refractivity contribution in [2.45, 2.75) is 18.3 Å². The molecule has 0 radical (unpaired) electrons. The average Bonchev–Trinajstić information content (AvgIpc) is 3.93. The number of benzene rings is 9. The Morgan fingerprint density at radius 3 is 1.49 bits per heavy atom. The molecule has 9 aromatic carbocycles. The minimum Gasteiger partial charge on any atom is -0.0622 e. The summed E-state index contributed by atoms with van der Waals surface area (Å²) < 4.78 is 0. The molecule has 0 fully saturated rings. The lowest BCUT2D eigenvalue weighted by atomic mass is 9.86. The van der Waals surface area contributed by atoms with Crippen molar-refractivity contribution in [3.63, 3.8) is 0 Å². The molecule has 0 N–H and O–H groups in total. The van der Waals surface area contributed by atoms with E-state index in [2.05, 4.69) is 206 Å². The third kappa shape index (κ3) is 5.14. The molecule has 0 saturated carbocycles. The monoisotopic (exact) mass is 722 g/mol. The van der Waals surface area contributed by atoms with Crippen molar-refractivity contribution in [3.05, 3.63) is 251 Å². The summed E-state index contributed by atoms with van der Waals surface area (Å²) in [5, 5.41) is 0. The maximum Gasteiger partial charge on any atom is 0.0352 e. The third-order valence-corrected chi connectivity index (χ3v) is 12.9. The zero-order chi connectivity index (χ0) is 37.5. The fourth-order valence-corrected chi connectivity index (χ4v) is 10.2. The summed E-state index contributed by atoms with van der Waals surface area (Å²) in [5.41, 5.74) is 26.8. The fourth-order valence-electron chi connectivity index (χ4n) is 10.2. The molecule has 0 saturated heterocycles. The molecule has 3 aliphatic rings. The smallest absolute Gasteiger partial charge is 0.0352 e. The molecule has 0 spiro atoms. The first-order chi connectivity index (χ1) is 28.2. The first-order valence-corrected chi connectivity index (χ1v) is 20.2. The normalized spacial score (nSPS) is 15.3. The predicted octanol–water partition coefficient (Wildman–Crippen LogP) is 14.6. The van der Waals surface area contributed by atoms with Gasteiger partial charge in [-0.05, 0) is 136 Å². The van der Waals surface area contributed by atoms with Gasteiger partial charge in [0.1, 0.15) is 0 Å². The van der Waals surface area contributed by atoms with Crippen molar-refractivity contribution in [1.29, 1.82) is 0 Å². The van der Waals surface area contributed by atoms with E-state index in [1.165, 1.54) is 111 Å². The van der Waals surface area contributed by atoms with Crippen LogP contribution in [0.1, 0.15) is 56.3 Å².